The Bertz CT molecular complexity index is 420. The highest BCUT2D eigenvalue weighted by molar-refractivity contribution is 5.38. The monoisotopic (exact) mass is 191 g/mol. The number of aromatic amines is 1. The maximum atomic E-state index is 11.4. The van der Waals surface area contributed by atoms with E-state index in [9.17, 15) is 9.90 Å². The predicted octanol–water partition coefficient (Wildman–Crippen LogP) is 1.08. The van der Waals surface area contributed by atoms with E-state index >= 15 is 0 Å². The molecule has 14 heavy (non-hydrogen) atoms. The molecule has 1 aromatic heterocycles. The molecule has 1 heterocycles. The number of pyridine rings is 1. The fourth-order valence-electron chi connectivity index (χ4n) is 2.05. The second kappa shape index (κ2) is 3.42. The molecule has 1 aromatic rings. The van der Waals surface area contributed by atoms with Crippen LogP contribution < -0.4 is 5.56 Å². The van der Waals surface area contributed by atoms with E-state index in [0.29, 0.717) is 19.3 Å². The minimum atomic E-state index is -0.470. The molecule has 0 saturated carbocycles. The maximum absolute atomic E-state index is 11.4. The first-order valence-corrected chi connectivity index (χ1v) is 4.76. The summed E-state index contributed by atoms with van der Waals surface area (Å²) in [5.41, 5.74) is 2.49. The molecule has 74 valence electrons. The van der Waals surface area contributed by atoms with Crippen molar-refractivity contribution in [3.8, 4) is 0 Å². The lowest BCUT2D eigenvalue weighted by Gasteiger charge is -2.08. The standard InChI is InChI=1S/C11H13NO2/c1-2-3-7-6-12-11(14)8-4-5-9(13)10(7)8/h2,6,9,13H,1,3-5H2,(H,12,14)/t9-/m0/s1. The Morgan fingerprint density at radius 2 is 2.50 bits per heavy atom. The Morgan fingerprint density at radius 1 is 1.71 bits per heavy atom. The lowest BCUT2D eigenvalue weighted by atomic mass is 10.0. The van der Waals surface area contributed by atoms with Crippen molar-refractivity contribution in [1.29, 1.82) is 0 Å². The molecule has 3 nitrogen and oxygen atoms in total. The van der Waals surface area contributed by atoms with Crippen molar-refractivity contribution in [3.63, 3.8) is 0 Å². The maximum Gasteiger partial charge on any atom is 0.251 e. The number of rotatable bonds is 2. The molecule has 0 radical (unpaired) electrons. The first-order chi connectivity index (χ1) is 6.74. The quantitative estimate of drug-likeness (QED) is 0.687. The summed E-state index contributed by atoms with van der Waals surface area (Å²) in [6.45, 7) is 3.66. The summed E-state index contributed by atoms with van der Waals surface area (Å²) in [7, 11) is 0. The van der Waals surface area contributed by atoms with Gasteiger partial charge in [0.15, 0.2) is 0 Å². The number of nitrogens with one attached hydrogen (secondary N) is 1. The third-order valence-electron chi connectivity index (χ3n) is 2.69. The van der Waals surface area contributed by atoms with Crippen molar-refractivity contribution >= 4 is 0 Å². The van der Waals surface area contributed by atoms with E-state index in [1.54, 1.807) is 12.3 Å². The Labute approximate surface area is 82.1 Å². The normalized spacial score (nSPS) is 19.4. The van der Waals surface area contributed by atoms with E-state index in [2.05, 4.69) is 11.6 Å². The van der Waals surface area contributed by atoms with E-state index in [4.69, 9.17) is 0 Å². The van der Waals surface area contributed by atoms with Crippen molar-refractivity contribution < 1.29 is 5.11 Å². The van der Waals surface area contributed by atoms with Crippen molar-refractivity contribution in [1.82, 2.24) is 4.98 Å². The number of aromatic nitrogens is 1. The fraction of sp³-hybridized carbons (Fsp3) is 0.364. The molecule has 0 amide bonds. The first-order valence-electron chi connectivity index (χ1n) is 4.76. The Hall–Kier alpha value is -1.35. The Kier molecular flexibility index (Phi) is 2.25. The van der Waals surface area contributed by atoms with E-state index < -0.39 is 6.10 Å². The average molecular weight is 191 g/mol. The summed E-state index contributed by atoms with van der Waals surface area (Å²) >= 11 is 0. The zero-order valence-electron chi connectivity index (χ0n) is 7.92. The van der Waals surface area contributed by atoms with Crippen LogP contribution in [0, 0.1) is 0 Å². The zero-order chi connectivity index (χ0) is 10.1. The molecule has 1 aliphatic rings. The van der Waals surface area contributed by atoms with Gasteiger partial charge in [0.1, 0.15) is 0 Å². The number of hydrogen-bond acceptors (Lipinski definition) is 2. The Balaban J connectivity index is 2.60. The van der Waals surface area contributed by atoms with Gasteiger partial charge in [0.05, 0.1) is 6.10 Å². The molecule has 0 fully saturated rings. The van der Waals surface area contributed by atoms with Gasteiger partial charge in [-0.15, -0.1) is 6.58 Å². The van der Waals surface area contributed by atoms with E-state index in [-0.39, 0.29) is 5.56 Å². The summed E-state index contributed by atoms with van der Waals surface area (Å²) in [6.07, 6.45) is 5.01. The largest absolute Gasteiger partial charge is 0.388 e. The number of hydrogen-bond donors (Lipinski definition) is 2. The number of H-pyrrole nitrogens is 1. The summed E-state index contributed by atoms with van der Waals surface area (Å²) in [5.74, 6) is 0. The highest BCUT2D eigenvalue weighted by Gasteiger charge is 2.25. The highest BCUT2D eigenvalue weighted by Crippen LogP contribution is 2.31. The second-order valence-corrected chi connectivity index (χ2v) is 3.58. The number of aliphatic hydroxyl groups is 1. The van der Waals surface area contributed by atoms with Gasteiger partial charge in [0.2, 0.25) is 0 Å². The predicted molar refractivity (Wildman–Crippen MR) is 54.2 cm³/mol. The van der Waals surface area contributed by atoms with Crippen LogP contribution in [0.25, 0.3) is 0 Å². The highest BCUT2D eigenvalue weighted by atomic mass is 16.3. The topological polar surface area (TPSA) is 53.1 Å². The fourth-order valence-corrected chi connectivity index (χ4v) is 2.05. The van der Waals surface area contributed by atoms with Gasteiger partial charge in [0, 0.05) is 11.8 Å². The lowest BCUT2D eigenvalue weighted by molar-refractivity contribution is 0.179. The summed E-state index contributed by atoms with van der Waals surface area (Å²) in [5, 5.41) is 9.73. The SMILES string of the molecule is C=CCc1c[nH]c(=O)c2c1[C@@H](O)CC2. The molecule has 1 atom stereocenters. The smallest absolute Gasteiger partial charge is 0.251 e. The van der Waals surface area contributed by atoms with Gasteiger partial charge < -0.3 is 10.1 Å². The van der Waals surface area contributed by atoms with Crippen LogP contribution in [0.2, 0.25) is 0 Å². The minimum Gasteiger partial charge on any atom is -0.388 e. The first kappa shape index (κ1) is 9.21. The van der Waals surface area contributed by atoms with Gasteiger partial charge >= 0.3 is 0 Å². The van der Waals surface area contributed by atoms with Crippen LogP contribution in [-0.2, 0) is 12.8 Å². The second-order valence-electron chi connectivity index (χ2n) is 3.58. The molecule has 0 bridgehead atoms. The van der Waals surface area contributed by atoms with E-state index in [1.165, 1.54) is 0 Å². The number of aliphatic hydroxyl groups excluding tert-OH is 1. The van der Waals surface area contributed by atoms with Crippen LogP contribution in [0.3, 0.4) is 0 Å². The molecule has 0 aromatic carbocycles. The molecule has 0 spiro atoms. The zero-order valence-corrected chi connectivity index (χ0v) is 7.92. The Morgan fingerprint density at radius 3 is 3.21 bits per heavy atom. The van der Waals surface area contributed by atoms with Crippen LogP contribution in [0.1, 0.15) is 29.2 Å². The third kappa shape index (κ3) is 1.30. The van der Waals surface area contributed by atoms with Gasteiger partial charge in [-0.05, 0) is 30.4 Å². The van der Waals surface area contributed by atoms with Gasteiger partial charge in [-0.2, -0.15) is 0 Å². The average Bonchev–Trinajstić information content (AvgIpc) is 2.55. The van der Waals surface area contributed by atoms with Crippen LogP contribution >= 0.6 is 0 Å². The summed E-state index contributed by atoms with van der Waals surface area (Å²) in [4.78, 5) is 14.1. The van der Waals surface area contributed by atoms with Crippen molar-refractivity contribution in [2.75, 3.05) is 0 Å². The van der Waals surface area contributed by atoms with Crippen LogP contribution in [0.15, 0.2) is 23.6 Å². The molecular weight excluding hydrogens is 178 g/mol. The molecule has 1 aliphatic carbocycles. The molecule has 0 unspecified atom stereocenters. The molecular formula is C11H13NO2. The molecule has 2 rings (SSSR count). The number of allylic oxidation sites excluding steroid dienone is 1. The molecule has 3 heteroatoms. The van der Waals surface area contributed by atoms with E-state index in [0.717, 1.165) is 16.7 Å². The third-order valence-corrected chi connectivity index (χ3v) is 2.69. The minimum absolute atomic E-state index is 0.0654. The molecule has 0 saturated heterocycles. The summed E-state index contributed by atoms with van der Waals surface area (Å²) in [6, 6.07) is 0. The van der Waals surface area contributed by atoms with Crippen molar-refractivity contribution in [2.24, 2.45) is 0 Å². The van der Waals surface area contributed by atoms with Gasteiger partial charge in [-0.3, -0.25) is 4.79 Å². The van der Waals surface area contributed by atoms with Gasteiger partial charge in [0.25, 0.3) is 5.56 Å². The summed E-state index contributed by atoms with van der Waals surface area (Å²) < 4.78 is 0. The van der Waals surface area contributed by atoms with Crippen molar-refractivity contribution in [2.45, 2.75) is 25.4 Å². The van der Waals surface area contributed by atoms with Crippen LogP contribution in [0.5, 0.6) is 0 Å². The van der Waals surface area contributed by atoms with Gasteiger partial charge in [-0.1, -0.05) is 6.08 Å². The van der Waals surface area contributed by atoms with Gasteiger partial charge in [-0.25, -0.2) is 0 Å². The molecule has 0 aliphatic heterocycles. The lowest BCUT2D eigenvalue weighted by Crippen LogP contribution is -2.14. The van der Waals surface area contributed by atoms with Crippen molar-refractivity contribution in [3.05, 3.63) is 45.9 Å². The van der Waals surface area contributed by atoms with Crippen LogP contribution in [0.4, 0.5) is 0 Å². The van der Waals surface area contributed by atoms with E-state index in [1.807, 2.05) is 0 Å². The number of fused-ring (bicyclic) bond motifs is 1. The van der Waals surface area contributed by atoms with Crippen LogP contribution in [-0.4, -0.2) is 10.1 Å². The molecule has 2 N–H and O–H groups in total.